The second-order valence-electron chi connectivity index (χ2n) is 15.9. The van der Waals surface area contributed by atoms with E-state index in [2.05, 4.69) is 68.7 Å². The lowest BCUT2D eigenvalue weighted by Gasteiger charge is -2.34. The summed E-state index contributed by atoms with van der Waals surface area (Å²) < 4.78 is 37.3. The molecule has 0 spiro atoms. The van der Waals surface area contributed by atoms with E-state index in [1.807, 2.05) is 0 Å². The average molecular weight is 1020 g/mol. The Bertz CT molecular complexity index is 1420. The van der Waals surface area contributed by atoms with Crippen molar-refractivity contribution in [1.29, 1.82) is 0 Å². The van der Waals surface area contributed by atoms with Gasteiger partial charge in [0.15, 0.2) is 0 Å². The Kier molecular flexibility index (Phi) is 22.4. The number of rotatable bonds is 26. The Balaban J connectivity index is 2.59. The zero-order valence-corrected chi connectivity index (χ0v) is 39.8. The molecule has 1 heterocycles. The lowest BCUT2D eigenvalue weighted by atomic mass is 9.92. The average Bonchev–Trinajstić information content (AvgIpc) is 3.49. The number of amides is 3. The molecule has 0 saturated carbocycles. The number of hydrogen-bond acceptors (Lipinski definition) is 14. The summed E-state index contributed by atoms with van der Waals surface area (Å²) >= 11 is 9.77. The van der Waals surface area contributed by atoms with Crippen molar-refractivity contribution in [2.24, 2.45) is 12.5 Å². The highest BCUT2D eigenvalue weighted by Crippen LogP contribution is 2.28. The number of ether oxygens (including phenoxy) is 7. The largest absolute Gasteiger partial charge is 0.464 e. The molecule has 3 amide bonds. The smallest absolute Gasteiger partial charge is 0.408 e. The summed E-state index contributed by atoms with van der Waals surface area (Å²) in [6.07, 6.45) is 2.70. The van der Waals surface area contributed by atoms with Crippen LogP contribution in [0.25, 0.3) is 0 Å². The fourth-order valence-electron chi connectivity index (χ4n) is 4.24. The van der Waals surface area contributed by atoms with Crippen LogP contribution in [0, 0.1) is 5.41 Å². The molecule has 1 aromatic rings. The molecular formula is C37H60Br3N5O13. The van der Waals surface area contributed by atoms with E-state index in [4.69, 9.17) is 33.2 Å². The summed E-state index contributed by atoms with van der Waals surface area (Å²) in [5, 5.41) is 8.03. The van der Waals surface area contributed by atoms with Gasteiger partial charge in [0.2, 0.25) is 11.8 Å². The molecule has 1 atom stereocenters. The molecule has 0 fully saturated rings. The van der Waals surface area contributed by atoms with E-state index < -0.39 is 72.5 Å². The minimum Gasteiger partial charge on any atom is -0.464 e. The third-order valence-corrected chi connectivity index (χ3v) is 8.42. The first-order valence-electron chi connectivity index (χ1n) is 18.5. The maximum atomic E-state index is 12.9. The standard InChI is InChI=1S/C37H60Br3N5O13/c1-33(2,3)58-32(51)44-26(17-25-18-41-24-45(25)10)28(47)43-12-14-53-16-15-52-13-11-42-27(46)19-54-20-37(21-55-29(48)34(4,5)38,22-56-30(49)35(6,7)39)23-57-31(50)36(8,9)40/h18,24,26H,11-17,19-23H2,1-10H3,(H,42,46)(H,43,47)(H,44,51). The molecule has 58 heavy (non-hydrogen) atoms. The van der Waals surface area contributed by atoms with Crippen LogP contribution >= 0.6 is 47.8 Å². The van der Waals surface area contributed by atoms with Crippen molar-refractivity contribution >= 4 is 83.6 Å². The van der Waals surface area contributed by atoms with Crippen molar-refractivity contribution in [3.63, 3.8) is 0 Å². The van der Waals surface area contributed by atoms with Crippen LogP contribution in [0.5, 0.6) is 0 Å². The number of alkyl halides is 3. The van der Waals surface area contributed by atoms with Crippen LogP contribution in [0.3, 0.4) is 0 Å². The fraction of sp³-hybridized carbons (Fsp3) is 0.757. The second-order valence-corrected chi connectivity index (χ2v) is 21.9. The molecule has 0 aliphatic carbocycles. The lowest BCUT2D eigenvalue weighted by molar-refractivity contribution is -0.170. The second kappa shape index (κ2) is 24.4. The Morgan fingerprint density at radius 2 is 1.16 bits per heavy atom. The molecule has 0 aliphatic heterocycles. The van der Waals surface area contributed by atoms with Crippen molar-refractivity contribution in [2.45, 2.75) is 93.4 Å². The van der Waals surface area contributed by atoms with Crippen molar-refractivity contribution in [3.05, 3.63) is 18.2 Å². The Morgan fingerprint density at radius 3 is 1.57 bits per heavy atom. The van der Waals surface area contributed by atoms with E-state index in [0.717, 1.165) is 5.69 Å². The van der Waals surface area contributed by atoms with Crippen LogP contribution in [0.15, 0.2) is 12.5 Å². The zero-order valence-electron chi connectivity index (χ0n) is 35.1. The first-order valence-corrected chi connectivity index (χ1v) is 20.8. The molecule has 0 radical (unpaired) electrons. The molecule has 18 nitrogen and oxygen atoms in total. The number of nitrogens with one attached hydrogen (secondary N) is 3. The summed E-state index contributed by atoms with van der Waals surface area (Å²) in [4.78, 5) is 79.9. The molecule has 1 aromatic heterocycles. The van der Waals surface area contributed by atoms with Gasteiger partial charge in [0, 0.05) is 38.4 Å². The van der Waals surface area contributed by atoms with Crippen LogP contribution < -0.4 is 16.0 Å². The Hall–Kier alpha value is -2.85. The van der Waals surface area contributed by atoms with Crippen LogP contribution in [0.4, 0.5) is 4.79 Å². The highest BCUT2D eigenvalue weighted by Gasteiger charge is 2.41. The molecule has 1 rings (SSSR count). The quantitative estimate of drug-likeness (QED) is 0.0525. The number of hydrogen-bond donors (Lipinski definition) is 3. The number of esters is 3. The molecule has 1 unspecified atom stereocenters. The van der Waals surface area contributed by atoms with Crippen LogP contribution in [0.2, 0.25) is 0 Å². The van der Waals surface area contributed by atoms with Gasteiger partial charge >= 0.3 is 24.0 Å². The molecule has 0 saturated heterocycles. The maximum Gasteiger partial charge on any atom is 0.408 e. The van der Waals surface area contributed by atoms with Gasteiger partial charge in [0.05, 0.1) is 44.8 Å². The lowest BCUT2D eigenvalue weighted by Crippen LogP contribution is -2.50. The number of aromatic nitrogens is 2. The summed E-state index contributed by atoms with van der Waals surface area (Å²) in [6.45, 7) is 14.0. The number of halogens is 3. The van der Waals surface area contributed by atoms with Crippen molar-refractivity contribution in [3.8, 4) is 0 Å². The van der Waals surface area contributed by atoms with E-state index in [-0.39, 0.29) is 72.4 Å². The summed E-state index contributed by atoms with van der Waals surface area (Å²) in [5.41, 5.74) is -1.36. The van der Waals surface area contributed by atoms with Crippen molar-refractivity contribution in [2.75, 3.05) is 72.6 Å². The van der Waals surface area contributed by atoms with Gasteiger partial charge in [0.25, 0.3) is 0 Å². The molecule has 0 aromatic carbocycles. The molecule has 3 N–H and O–H groups in total. The number of carbonyl (C=O) groups excluding carboxylic acids is 6. The number of carbonyl (C=O) groups is 6. The Morgan fingerprint density at radius 1 is 0.690 bits per heavy atom. The number of aryl methyl sites for hydroxylation is 1. The van der Waals surface area contributed by atoms with E-state index in [1.165, 1.54) is 0 Å². The number of imidazole rings is 1. The van der Waals surface area contributed by atoms with E-state index in [1.54, 1.807) is 86.5 Å². The van der Waals surface area contributed by atoms with E-state index in [9.17, 15) is 28.8 Å². The van der Waals surface area contributed by atoms with Gasteiger partial charge in [-0.25, -0.2) is 9.78 Å². The zero-order chi connectivity index (χ0) is 44.4. The van der Waals surface area contributed by atoms with Gasteiger partial charge in [0.1, 0.15) is 51.0 Å². The first kappa shape index (κ1) is 53.2. The Labute approximate surface area is 365 Å². The van der Waals surface area contributed by atoms with E-state index in [0.29, 0.717) is 0 Å². The monoisotopic (exact) mass is 1020 g/mol. The molecule has 21 heteroatoms. The fourth-order valence-corrected chi connectivity index (χ4v) is 4.58. The highest BCUT2D eigenvalue weighted by atomic mass is 79.9. The molecule has 332 valence electrons. The minimum atomic E-state index is -1.37. The normalized spacial score (nSPS) is 12.9. The predicted octanol–water partition coefficient (Wildman–Crippen LogP) is 3.27. The molecular weight excluding hydrogens is 962 g/mol. The van der Waals surface area contributed by atoms with Crippen molar-refractivity contribution < 1.29 is 61.9 Å². The highest BCUT2D eigenvalue weighted by molar-refractivity contribution is 9.10. The van der Waals surface area contributed by atoms with Gasteiger partial charge in [-0.1, -0.05) is 47.8 Å². The SMILES string of the molecule is Cn1cncc1CC(NC(=O)OC(C)(C)C)C(=O)NCCOCCOCCNC(=O)COCC(COC(=O)C(C)(C)Br)(COC(=O)C(C)(C)Br)COC(=O)C(C)(C)Br. The first-order chi connectivity index (χ1) is 26.6. The summed E-state index contributed by atoms with van der Waals surface area (Å²) in [5.74, 6) is -2.77. The molecule has 0 bridgehead atoms. The van der Waals surface area contributed by atoms with E-state index >= 15 is 0 Å². The number of alkyl carbamates (subject to hydrolysis) is 1. The third kappa shape index (κ3) is 22.5. The van der Waals surface area contributed by atoms with Gasteiger partial charge in [-0.3, -0.25) is 24.0 Å². The minimum absolute atomic E-state index is 0.153. The number of nitrogens with zero attached hydrogens (tertiary/aromatic N) is 2. The van der Waals surface area contributed by atoms with Crippen molar-refractivity contribution in [1.82, 2.24) is 25.5 Å². The van der Waals surface area contributed by atoms with Crippen LogP contribution in [-0.2, 0) is 70.6 Å². The van der Waals surface area contributed by atoms with Crippen LogP contribution in [0.1, 0.15) is 68.0 Å². The van der Waals surface area contributed by atoms with Gasteiger partial charge in [-0.05, 0) is 62.3 Å². The molecule has 0 aliphatic rings. The topological polar surface area (TPSA) is 221 Å². The van der Waals surface area contributed by atoms with Gasteiger partial charge in [-0.15, -0.1) is 0 Å². The third-order valence-electron chi connectivity index (χ3n) is 7.45. The van der Waals surface area contributed by atoms with Crippen LogP contribution in [-0.4, -0.2) is 143 Å². The predicted molar refractivity (Wildman–Crippen MR) is 223 cm³/mol. The van der Waals surface area contributed by atoms with Gasteiger partial charge < -0.3 is 53.7 Å². The van der Waals surface area contributed by atoms with Gasteiger partial charge in [-0.2, -0.15) is 0 Å². The maximum absolute atomic E-state index is 12.9. The summed E-state index contributed by atoms with van der Waals surface area (Å²) in [6, 6.07) is -0.902. The summed E-state index contributed by atoms with van der Waals surface area (Å²) in [7, 11) is 1.79.